The van der Waals surface area contributed by atoms with Gasteiger partial charge in [0, 0.05) is 31.0 Å². The molecule has 0 atom stereocenters. The summed E-state index contributed by atoms with van der Waals surface area (Å²) < 4.78 is 33.2. The summed E-state index contributed by atoms with van der Waals surface area (Å²) in [7, 11) is -3.60. The molecule has 3 rings (SSSR count). The first-order valence-corrected chi connectivity index (χ1v) is 12.1. The Morgan fingerprint density at radius 1 is 0.969 bits per heavy atom. The summed E-state index contributed by atoms with van der Waals surface area (Å²) in [6.07, 6.45) is 3.15. The molecule has 0 aliphatic heterocycles. The molecule has 1 aromatic carbocycles. The number of sulfonamides is 1. The van der Waals surface area contributed by atoms with Crippen molar-refractivity contribution in [1.82, 2.24) is 14.3 Å². The second kappa shape index (κ2) is 10.6. The monoisotopic (exact) mass is 454 g/mol. The van der Waals surface area contributed by atoms with Crippen LogP contribution in [0.4, 0.5) is 5.82 Å². The zero-order valence-electron chi connectivity index (χ0n) is 18.9. The number of nitrogens with one attached hydrogen (secondary N) is 1. The standard InChI is InChI=1S/C24H30N4O3S/c1-18(2)28(19(3)4)32(29,30)23-11-12-24(27-16-23)26-15-20-8-7-10-22(14-20)31-17-21-9-5-6-13-25-21/h5-14,16,18-19H,15,17H2,1-4H3,(H,26,27). The third-order valence-corrected chi connectivity index (χ3v) is 7.05. The fraction of sp³-hybridized carbons (Fsp3) is 0.333. The van der Waals surface area contributed by atoms with Crippen molar-refractivity contribution in [2.24, 2.45) is 0 Å². The molecule has 0 amide bonds. The first-order valence-electron chi connectivity index (χ1n) is 10.6. The smallest absolute Gasteiger partial charge is 0.245 e. The van der Waals surface area contributed by atoms with E-state index in [0.29, 0.717) is 19.0 Å². The van der Waals surface area contributed by atoms with Crippen LogP contribution < -0.4 is 10.1 Å². The van der Waals surface area contributed by atoms with Crippen LogP contribution in [0.5, 0.6) is 5.75 Å². The van der Waals surface area contributed by atoms with Gasteiger partial charge in [-0.1, -0.05) is 18.2 Å². The Morgan fingerprint density at radius 3 is 2.38 bits per heavy atom. The van der Waals surface area contributed by atoms with E-state index >= 15 is 0 Å². The Balaban J connectivity index is 1.62. The van der Waals surface area contributed by atoms with Crippen molar-refractivity contribution in [2.45, 2.75) is 57.8 Å². The Bertz CT molecular complexity index is 1090. The summed E-state index contributed by atoms with van der Waals surface area (Å²) in [5, 5.41) is 3.23. The molecule has 0 saturated carbocycles. The largest absolute Gasteiger partial charge is 0.487 e. The quantitative estimate of drug-likeness (QED) is 0.486. The highest BCUT2D eigenvalue weighted by Crippen LogP contribution is 2.22. The lowest BCUT2D eigenvalue weighted by Crippen LogP contribution is -2.41. The highest BCUT2D eigenvalue weighted by molar-refractivity contribution is 7.89. The van der Waals surface area contributed by atoms with Gasteiger partial charge in [0.15, 0.2) is 0 Å². The number of anilines is 1. The molecule has 0 bridgehead atoms. The van der Waals surface area contributed by atoms with Gasteiger partial charge in [0.25, 0.3) is 0 Å². The molecule has 2 heterocycles. The number of hydrogen-bond acceptors (Lipinski definition) is 6. The van der Waals surface area contributed by atoms with Crippen molar-refractivity contribution in [3.05, 3.63) is 78.2 Å². The molecule has 0 aliphatic carbocycles. The zero-order chi connectivity index (χ0) is 23.1. The van der Waals surface area contributed by atoms with Gasteiger partial charge in [-0.25, -0.2) is 13.4 Å². The lowest BCUT2D eigenvalue weighted by atomic mass is 10.2. The van der Waals surface area contributed by atoms with Crippen LogP contribution in [0.1, 0.15) is 39.0 Å². The summed E-state index contributed by atoms with van der Waals surface area (Å²) >= 11 is 0. The predicted molar refractivity (Wildman–Crippen MR) is 126 cm³/mol. The van der Waals surface area contributed by atoms with Gasteiger partial charge in [-0.15, -0.1) is 0 Å². The van der Waals surface area contributed by atoms with E-state index in [1.54, 1.807) is 18.3 Å². The van der Waals surface area contributed by atoms with Gasteiger partial charge in [-0.05, 0) is 69.7 Å². The lowest BCUT2D eigenvalue weighted by molar-refractivity contribution is 0.301. The Hall–Kier alpha value is -2.97. The molecule has 0 radical (unpaired) electrons. The van der Waals surface area contributed by atoms with E-state index in [2.05, 4.69) is 15.3 Å². The third kappa shape index (κ3) is 6.05. The molecule has 0 saturated heterocycles. The van der Waals surface area contributed by atoms with Gasteiger partial charge in [-0.3, -0.25) is 4.98 Å². The number of nitrogens with zero attached hydrogens (tertiary/aromatic N) is 3. The van der Waals surface area contributed by atoms with Crippen LogP contribution in [0.25, 0.3) is 0 Å². The average Bonchev–Trinajstić information content (AvgIpc) is 2.77. The van der Waals surface area contributed by atoms with Crippen LogP contribution in [0.2, 0.25) is 0 Å². The fourth-order valence-electron chi connectivity index (χ4n) is 3.49. The molecule has 0 fully saturated rings. The minimum Gasteiger partial charge on any atom is -0.487 e. The molecule has 8 heteroatoms. The molecule has 7 nitrogen and oxygen atoms in total. The molecule has 170 valence electrons. The lowest BCUT2D eigenvalue weighted by Gasteiger charge is -2.29. The van der Waals surface area contributed by atoms with Crippen molar-refractivity contribution in [3.63, 3.8) is 0 Å². The third-order valence-electron chi connectivity index (χ3n) is 4.81. The summed E-state index contributed by atoms with van der Waals surface area (Å²) in [5.74, 6) is 1.36. The van der Waals surface area contributed by atoms with Crippen molar-refractivity contribution in [2.75, 3.05) is 5.32 Å². The number of ether oxygens (including phenoxy) is 1. The molecule has 0 spiro atoms. The van der Waals surface area contributed by atoms with Crippen molar-refractivity contribution in [1.29, 1.82) is 0 Å². The first kappa shape index (κ1) is 23.7. The van der Waals surface area contributed by atoms with Gasteiger partial charge in [-0.2, -0.15) is 4.31 Å². The number of pyridine rings is 2. The Morgan fingerprint density at radius 2 is 1.75 bits per heavy atom. The molecular formula is C24H30N4O3S. The molecule has 3 aromatic rings. The van der Waals surface area contributed by atoms with Crippen molar-refractivity contribution in [3.8, 4) is 5.75 Å². The maximum atomic E-state index is 13.0. The van der Waals surface area contributed by atoms with E-state index in [4.69, 9.17) is 4.74 Å². The van der Waals surface area contributed by atoms with Crippen molar-refractivity contribution < 1.29 is 13.2 Å². The minimum absolute atomic E-state index is 0.134. The highest BCUT2D eigenvalue weighted by atomic mass is 32.2. The SMILES string of the molecule is CC(C)N(C(C)C)S(=O)(=O)c1ccc(NCc2cccc(OCc3ccccn3)c2)nc1. The summed E-state index contributed by atoms with van der Waals surface area (Å²) in [5.41, 5.74) is 1.89. The molecular weight excluding hydrogens is 424 g/mol. The summed E-state index contributed by atoms with van der Waals surface area (Å²) in [6.45, 7) is 8.41. The van der Waals surface area contributed by atoms with Gasteiger partial charge in [0.1, 0.15) is 23.1 Å². The van der Waals surface area contributed by atoms with E-state index in [-0.39, 0.29) is 17.0 Å². The minimum atomic E-state index is -3.60. The molecule has 0 unspecified atom stereocenters. The van der Waals surface area contributed by atoms with Crippen LogP contribution in [0.3, 0.4) is 0 Å². The Kier molecular flexibility index (Phi) is 7.82. The van der Waals surface area contributed by atoms with E-state index in [0.717, 1.165) is 17.0 Å². The van der Waals surface area contributed by atoms with Gasteiger partial charge < -0.3 is 10.1 Å². The predicted octanol–water partition coefficient (Wildman–Crippen LogP) is 4.48. The van der Waals surface area contributed by atoms with Crippen LogP contribution in [0.15, 0.2) is 71.9 Å². The van der Waals surface area contributed by atoms with Crippen molar-refractivity contribution >= 4 is 15.8 Å². The van der Waals surface area contributed by atoms with Crippen LogP contribution in [-0.4, -0.2) is 34.8 Å². The highest BCUT2D eigenvalue weighted by Gasteiger charge is 2.29. The topological polar surface area (TPSA) is 84.4 Å². The normalized spacial score (nSPS) is 11.8. The second-order valence-corrected chi connectivity index (χ2v) is 9.86. The van der Waals surface area contributed by atoms with Crippen LogP contribution in [0, 0.1) is 0 Å². The fourth-order valence-corrected chi connectivity index (χ4v) is 5.27. The maximum absolute atomic E-state index is 13.0. The van der Waals surface area contributed by atoms with Gasteiger partial charge >= 0.3 is 0 Å². The number of hydrogen-bond donors (Lipinski definition) is 1. The van der Waals surface area contributed by atoms with E-state index in [1.165, 1.54) is 10.5 Å². The van der Waals surface area contributed by atoms with Gasteiger partial charge in [0.2, 0.25) is 10.0 Å². The Labute approximate surface area is 190 Å². The number of benzene rings is 1. The first-order chi connectivity index (χ1) is 15.3. The average molecular weight is 455 g/mol. The molecule has 0 aliphatic rings. The maximum Gasteiger partial charge on any atom is 0.245 e. The molecule has 32 heavy (non-hydrogen) atoms. The summed E-state index contributed by atoms with van der Waals surface area (Å²) in [4.78, 5) is 8.75. The van der Waals surface area contributed by atoms with E-state index in [9.17, 15) is 8.42 Å². The molecule has 1 N–H and O–H groups in total. The van der Waals surface area contributed by atoms with Crippen LogP contribution in [-0.2, 0) is 23.2 Å². The summed E-state index contributed by atoms with van der Waals surface area (Å²) in [6, 6.07) is 16.5. The number of rotatable bonds is 10. The van der Waals surface area contributed by atoms with Gasteiger partial charge in [0.05, 0.1) is 5.69 Å². The number of aromatic nitrogens is 2. The van der Waals surface area contributed by atoms with E-state index < -0.39 is 10.0 Å². The van der Waals surface area contributed by atoms with E-state index in [1.807, 2.05) is 70.2 Å². The zero-order valence-corrected chi connectivity index (χ0v) is 19.7. The van der Waals surface area contributed by atoms with Crippen LogP contribution >= 0.6 is 0 Å². The second-order valence-electron chi connectivity index (χ2n) is 8.01. The molecule has 2 aromatic heterocycles.